The van der Waals surface area contributed by atoms with E-state index < -0.39 is 6.09 Å². The van der Waals surface area contributed by atoms with Gasteiger partial charge in [0.25, 0.3) is 0 Å². The third-order valence-electron chi connectivity index (χ3n) is 4.25. The number of hydrogen-bond acceptors (Lipinski definition) is 3. The van der Waals surface area contributed by atoms with Crippen LogP contribution in [0.15, 0.2) is 89.4 Å². The van der Waals surface area contributed by atoms with Crippen LogP contribution in [0, 0.1) is 0 Å². The van der Waals surface area contributed by atoms with Gasteiger partial charge in [0.05, 0.1) is 6.04 Å². The van der Waals surface area contributed by atoms with Crippen LogP contribution >= 0.6 is 15.9 Å². The van der Waals surface area contributed by atoms with Crippen LogP contribution in [0.3, 0.4) is 0 Å². The zero-order valence-electron chi connectivity index (χ0n) is 15.7. The Labute approximate surface area is 178 Å². The highest BCUT2D eigenvalue weighted by atomic mass is 79.9. The molecule has 0 spiro atoms. The number of ether oxygens (including phenoxy) is 1. The van der Waals surface area contributed by atoms with Crippen LogP contribution in [0.2, 0.25) is 0 Å². The van der Waals surface area contributed by atoms with Gasteiger partial charge in [0.1, 0.15) is 13.2 Å². The van der Waals surface area contributed by atoms with E-state index >= 15 is 0 Å². The molecule has 0 fully saturated rings. The molecule has 0 bridgehead atoms. The van der Waals surface area contributed by atoms with Gasteiger partial charge in [0.2, 0.25) is 5.91 Å². The van der Waals surface area contributed by atoms with Crippen molar-refractivity contribution in [2.75, 3.05) is 6.54 Å². The molecule has 3 rings (SSSR count). The van der Waals surface area contributed by atoms with E-state index in [1.165, 1.54) is 0 Å². The molecule has 6 heteroatoms. The summed E-state index contributed by atoms with van der Waals surface area (Å²) < 4.78 is 6.09. The first-order valence-electron chi connectivity index (χ1n) is 9.16. The molecule has 3 aromatic carbocycles. The molecule has 148 valence electrons. The minimum absolute atomic E-state index is 0.153. The van der Waals surface area contributed by atoms with Crippen molar-refractivity contribution < 1.29 is 14.3 Å². The van der Waals surface area contributed by atoms with Crippen molar-refractivity contribution in [3.8, 4) is 0 Å². The maximum Gasteiger partial charge on any atom is 0.407 e. The van der Waals surface area contributed by atoms with Crippen molar-refractivity contribution in [1.82, 2.24) is 10.6 Å². The van der Waals surface area contributed by atoms with Crippen molar-refractivity contribution in [2.45, 2.75) is 12.6 Å². The van der Waals surface area contributed by atoms with Crippen molar-refractivity contribution in [3.05, 3.63) is 106 Å². The normalized spacial score (nSPS) is 11.3. The lowest BCUT2D eigenvalue weighted by Crippen LogP contribution is -2.39. The van der Waals surface area contributed by atoms with E-state index in [1.807, 2.05) is 84.9 Å². The Balaban J connectivity index is 1.57. The zero-order valence-corrected chi connectivity index (χ0v) is 17.3. The van der Waals surface area contributed by atoms with Gasteiger partial charge in [-0.3, -0.25) is 4.79 Å². The Morgan fingerprint density at radius 3 is 2.07 bits per heavy atom. The molecule has 0 radical (unpaired) electrons. The summed E-state index contributed by atoms with van der Waals surface area (Å²) in [5.41, 5.74) is 2.78. The first-order chi connectivity index (χ1) is 14.1. The molecule has 0 saturated carbocycles. The Bertz CT molecular complexity index is 931. The van der Waals surface area contributed by atoms with Crippen LogP contribution in [-0.4, -0.2) is 18.5 Å². The molecular formula is C23H21BrN2O3. The number of carbonyl (C=O) groups excluding carboxylic acids is 2. The third-order valence-corrected chi connectivity index (χ3v) is 4.78. The van der Waals surface area contributed by atoms with Gasteiger partial charge in [0.15, 0.2) is 0 Å². The van der Waals surface area contributed by atoms with E-state index in [0.29, 0.717) is 0 Å². The summed E-state index contributed by atoms with van der Waals surface area (Å²) in [6.07, 6.45) is -0.635. The largest absolute Gasteiger partial charge is 0.445 e. The maximum absolute atomic E-state index is 12.5. The average Bonchev–Trinajstić information content (AvgIpc) is 2.76. The summed E-state index contributed by atoms with van der Waals surface area (Å²) in [5, 5.41) is 5.46. The molecule has 0 aliphatic heterocycles. The van der Waals surface area contributed by atoms with Gasteiger partial charge in [-0.2, -0.15) is 0 Å². The van der Waals surface area contributed by atoms with Crippen molar-refractivity contribution in [3.63, 3.8) is 0 Å². The highest BCUT2D eigenvalue weighted by Gasteiger charge is 2.17. The summed E-state index contributed by atoms with van der Waals surface area (Å²) in [5.74, 6) is -0.307. The summed E-state index contributed by atoms with van der Waals surface area (Å²) in [6, 6.07) is 26.5. The second-order valence-electron chi connectivity index (χ2n) is 6.38. The molecule has 1 atom stereocenters. The number of halogens is 1. The molecule has 2 amide bonds. The number of carbonyl (C=O) groups is 2. The van der Waals surface area contributed by atoms with Gasteiger partial charge in [-0.05, 0) is 28.8 Å². The summed E-state index contributed by atoms with van der Waals surface area (Å²) in [7, 11) is 0. The van der Waals surface area contributed by atoms with Crippen molar-refractivity contribution in [1.29, 1.82) is 0 Å². The fourth-order valence-corrected chi connectivity index (χ4v) is 3.06. The van der Waals surface area contributed by atoms with Crippen LogP contribution in [-0.2, 0) is 16.1 Å². The van der Waals surface area contributed by atoms with Crippen molar-refractivity contribution >= 4 is 27.9 Å². The Morgan fingerprint density at radius 2 is 1.41 bits per heavy atom. The fraction of sp³-hybridized carbons (Fsp3) is 0.130. The topological polar surface area (TPSA) is 67.4 Å². The van der Waals surface area contributed by atoms with E-state index in [0.717, 1.165) is 21.2 Å². The Morgan fingerprint density at radius 1 is 0.828 bits per heavy atom. The van der Waals surface area contributed by atoms with E-state index in [4.69, 9.17) is 4.74 Å². The predicted octanol–water partition coefficient (Wildman–Crippen LogP) is 4.58. The minimum Gasteiger partial charge on any atom is -0.445 e. The fourth-order valence-electron chi connectivity index (χ4n) is 2.80. The van der Waals surface area contributed by atoms with Gasteiger partial charge in [-0.25, -0.2) is 4.79 Å². The molecule has 1 unspecified atom stereocenters. The van der Waals surface area contributed by atoms with Gasteiger partial charge < -0.3 is 15.4 Å². The summed E-state index contributed by atoms with van der Waals surface area (Å²) in [6.45, 7) is -0.0205. The predicted molar refractivity (Wildman–Crippen MR) is 115 cm³/mol. The average molecular weight is 453 g/mol. The van der Waals surface area contributed by atoms with Crippen LogP contribution in [0.5, 0.6) is 0 Å². The number of amides is 2. The Hall–Kier alpha value is -3.12. The first-order valence-corrected chi connectivity index (χ1v) is 9.95. The van der Waals surface area contributed by atoms with Crippen molar-refractivity contribution in [2.24, 2.45) is 0 Å². The van der Waals surface area contributed by atoms with E-state index in [2.05, 4.69) is 26.6 Å². The van der Waals surface area contributed by atoms with Crippen LogP contribution in [0.1, 0.15) is 22.7 Å². The number of rotatable bonds is 7. The number of nitrogens with one attached hydrogen (secondary N) is 2. The first kappa shape index (κ1) is 20.6. The quantitative estimate of drug-likeness (QED) is 0.551. The van der Waals surface area contributed by atoms with Gasteiger partial charge in [0, 0.05) is 4.47 Å². The molecule has 5 nitrogen and oxygen atoms in total. The highest BCUT2D eigenvalue weighted by molar-refractivity contribution is 9.10. The lowest BCUT2D eigenvalue weighted by Gasteiger charge is -2.20. The molecule has 0 aliphatic carbocycles. The van der Waals surface area contributed by atoms with Crippen LogP contribution in [0.4, 0.5) is 4.79 Å². The molecule has 3 aromatic rings. The van der Waals surface area contributed by atoms with E-state index in [-0.39, 0.29) is 25.1 Å². The number of alkyl carbamates (subject to hydrolysis) is 1. The van der Waals surface area contributed by atoms with Gasteiger partial charge >= 0.3 is 6.09 Å². The number of benzene rings is 3. The standard InChI is InChI=1S/C23H21BrN2O3/c24-20-13-11-19(12-14-20)22(18-9-5-2-6-10-18)26-21(27)15-25-23(28)29-16-17-7-3-1-4-8-17/h1-14,22H,15-16H2,(H,25,28)(H,26,27). The molecule has 29 heavy (non-hydrogen) atoms. The second-order valence-corrected chi connectivity index (χ2v) is 7.29. The third kappa shape index (κ3) is 6.47. The SMILES string of the molecule is O=C(CNC(=O)OCc1ccccc1)NC(c1ccccc1)c1ccc(Br)cc1. The number of hydrogen-bond donors (Lipinski definition) is 2. The molecular weight excluding hydrogens is 432 g/mol. The molecule has 0 saturated heterocycles. The monoisotopic (exact) mass is 452 g/mol. The van der Waals surface area contributed by atoms with Crippen LogP contribution < -0.4 is 10.6 Å². The molecule has 0 aliphatic rings. The lowest BCUT2D eigenvalue weighted by molar-refractivity contribution is -0.120. The summed E-state index contributed by atoms with van der Waals surface area (Å²) in [4.78, 5) is 24.3. The minimum atomic E-state index is -0.635. The second kappa shape index (κ2) is 10.4. The Kier molecular flexibility index (Phi) is 7.41. The molecule has 0 heterocycles. The zero-order chi connectivity index (χ0) is 20.5. The molecule has 2 N–H and O–H groups in total. The van der Waals surface area contributed by atoms with Crippen LogP contribution in [0.25, 0.3) is 0 Å². The highest BCUT2D eigenvalue weighted by Crippen LogP contribution is 2.23. The van der Waals surface area contributed by atoms with E-state index in [9.17, 15) is 9.59 Å². The van der Waals surface area contributed by atoms with Gasteiger partial charge in [-0.1, -0.05) is 88.7 Å². The smallest absolute Gasteiger partial charge is 0.407 e. The van der Waals surface area contributed by atoms with Gasteiger partial charge in [-0.15, -0.1) is 0 Å². The lowest BCUT2D eigenvalue weighted by atomic mass is 9.99. The van der Waals surface area contributed by atoms with E-state index in [1.54, 1.807) is 0 Å². The maximum atomic E-state index is 12.5. The molecule has 0 aromatic heterocycles. The summed E-state index contributed by atoms with van der Waals surface area (Å²) >= 11 is 3.43.